The smallest absolute Gasteiger partial charge is 0.274 e. The number of hydrogen-bond donors (Lipinski definition) is 1. The van der Waals surface area contributed by atoms with Crippen molar-refractivity contribution < 1.29 is 18.8 Å². The van der Waals surface area contributed by atoms with E-state index in [9.17, 15) is 19.3 Å². The van der Waals surface area contributed by atoms with Crippen LogP contribution in [0.3, 0.4) is 0 Å². The molecule has 1 aromatic heterocycles. The maximum absolute atomic E-state index is 12.9. The molecule has 0 saturated heterocycles. The van der Waals surface area contributed by atoms with E-state index in [0.29, 0.717) is 28.2 Å². The molecule has 0 bridgehead atoms. The molecular formula is C18H16FN3O4S2. The lowest BCUT2D eigenvalue weighted by atomic mass is 10.3. The van der Waals surface area contributed by atoms with Crippen LogP contribution in [0.15, 0.2) is 41.3 Å². The number of nitro groups is 1. The summed E-state index contributed by atoms with van der Waals surface area (Å²) in [6.45, 7) is 0. The predicted octanol–water partition coefficient (Wildman–Crippen LogP) is 4.86. The molecule has 0 aliphatic carbocycles. The highest BCUT2D eigenvalue weighted by atomic mass is 32.2. The van der Waals surface area contributed by atoms with Gasteiger partial charge in [0.1, 0.15) is 11.3 Å². The van der Waals surface area contributed by atoms with Gasteiger partial charge in [-0.3, -0.25) is 14.9 Å². The number of nitrogens with one attached hydrogen (secondary N) is 1. The van der Waals surface area contributed by atoms with Crippen LogP contribution in [0.4, 0.5) is 15.2 Å². The first kappa shape index (κ1) is 20.0. The van der Waals surface area contributed by atoms with Gasteiger partial charge in [0, 0.05) is 17.4 Å². The van der Waals surface area contributed by atoms with Crippen molar-refractivity contribution >= 4 is 50.0 Å². The summed E-state index contributed by atoms with van der Waals surface area (Å²) in [6, 6.07) is 8.92. The van der Waals surface area contributed by atoms with Crippen LogP contribution in [-0.4, -0.2) is 28.7 Å². The number of nitrogens with zero attached hydrogens (tertiary/aromatic N) is 2. The molecule has 7 nitrogen and oxygen atoms in total. The number of fused-ring (bicyclic) bond motifs is 1. The lowest BCUT2D eigenvalue weighted by molar-refractivity contribution is -0.384. The number of carbonyl (C=O) groups excluding carboxylic acids is 1. The highest BCUT2D eigenvalue weighted by molar-refractivity contribution is 7.99. The van der Waals surface area contributed by atoms with Gasteiger partial charge in [-0.15, -0.1) is 11.8 Å². The average molecular weight is 421 g/mol. The minimum Gasteiger partial charge on any atom is -0.494 e. The molecule has 1 heterocycles. The summed E-state index contributed by atoms with van der Waals surface area (Å²) >= 11 is 2.71. The van der Waals surface area contributed by atoms with Gasteiger partial charge in [-0.2, -0.15) is 0 Å². The number of ether oxygens (including phenoxy) is 1. The minimum absolute atomic E-state index is 0.0938. The standard InChI is InChI=1S/C18H16FN3O4S2/c1-26-14-9-12(22(24)25)10-15-17(14)21-18(28-15)20-16(23)3-2-8-27-13-6-4-11(19)5-7-13/h4-7,9-10H,2-3,8H2,1H3,(H,20,21,23). The topological polar surface area (TPSA) is 94.4 Å². The van der Waals surface area contributed by atoms with E-state index in [1.54, 1.807) is 23.9 Å². The molecule has 0 unspecified atom stereocenters. The van der Waals surface area contributed by atoms with Crippen molar-refractivity contribution in [2.75, 3.05) is 18.2 Å². The van der Waals surface area contributed by atoms with Gasteiger partial charge in [0.2, 0.25) is 5.91 Å². The number of nitro benzene ring substituents is 1. The molecule has 0 aliphatic heterocycles. The molecule has 0 fully saturated rings. The molecule has 0 radical (unpaired) electrons. The number of halogens is 1. The normalized spacial score (nSPS) is 10.8. The van der Waals surface area contributed by atoms with Crippen molar-refractivity contribution in [3.63, 3.8) is 0 Å². The number of non-ortho nitro benzene ring substituents is 1. The van der Waals surface area contributed by atoms with Crippen molar-refractivity contribution in [3.8, 4) is 5.75 Å². The fourth-order valence-corrected chi connectivity index (χ4v) is 4.22. The van der Waals surface area contributed by atoms with Crippen molar-refractivity contribution in [3.05, 3.63) is 52.3 Å². The number of anilines is 1. The van der Waals surface area contributed by atoms with Crippen molar-refractivity contribution in [2.45, 2.75) is 17.7 Å². The molecule has 10 heteroatoms. The van der Waals surface area contributed by atoms with Gasteiger partial charge >= 0.3 is 0 Å². The van der Waals surface area contributed by atoms with Gasteiger partial charge < -0.3 is 10.1 Å². The van der Waals surface area contributed by atoms with Gasteiger partial charge in [-0.25, -0.2) is 9.37 Å². The van der Waals surface area contributed by atoms with E-state index in [2.05, 4.69) is 10.3 Å². The van der Waals surface area contributed by atoms with Crippen LogP contribution in [0.5, 0.6) is 5.75 Å². The lowest BCUT2D eigenvalue weighted by Gasteiger charge is -2.02. The number of thiazole rings is 1. The summed E-state index contributed by atoms with van der Waals surface area (Å²) in [7, 11) is 1.41. The molecule has 146 valence electrons. The third kappa shape index (κ3) is 4.96. The van der Waals surface area contributed by atoms with E-state index in [1.807, 2.05) is 0 Å². The number of amides is 1. The molecule has 0 atom stereocenters. The highest BCUT2D eigenvalue weighted by Crippen LogP contribution is 2.36. The Labute approximate surface area is 168 Å². The molecular weight excluding hydrogens is 405 g/mol. The van der Waals surface area contributed by atoms with Crippen molar-refractivity contribution in [1.82, 2.24) is 4.98 Å². The number of benzene rings is 2. The zero-order valence-electron chi connectivity index (χ0n) is 14.8. The van der Waals surface area contributed by atoms with Gasteiger partial charge in [-0.05, 0) is 36.4 Å². The van der Waals surface area contributed by atoms with Crippen LogP contribution < -0.4 is 10.1 Å². The van der Waals surface area contributed by atoms with Crippen LogP contribution in [0.1, 0.15) is 12.8 Å². The number of carbonyl (C=O) groups is 1. The molecule has 0 saturated carbocycles. The number of rotatable bonds is 8. The summed E-state index contributed by atoms with van der Waals surface area (Å²) < 4.78 is 18.6. The third-order valence-corrected chi connectivity index (χ3v) is 5.77. The highest BCUT2D eigenvalue weighted by Gasteiger charge is 2.17. The first-order valence-electron chi connectivity index (χ1n) is 8.27. The lowest BCUT2D eigenvalue weighted by Crippen LogP contribution is -2.11. The Morgan fingerprint density at radius 1 is 1.36 bits per heavy atom. The van der Waals surface area contributed by atoms with Crippen LogP contribution in [0, 0.1) is 15.9 Å². The molecule has 1 amide bonds. The zero-order chi connectivity index (χ0) is 20.1. The Morgan fingerprint density at radius 2 is 2.11 bits per heavy atom. The molecule has 0 spiro atoms. The Balaban J connectivity index is 1.57. The first-order chi connectivity index (χ1) is 13.5. The molecule has 0 aliphatic rings. The second-order valence-electron chi connectivity index (χ2n) is 5.73. The summed E-state index contributed by atoms with van der Waals surface area (Å²) in [5.74, 6) is 0.546. The summed E-state index contributed by atoms with van der Waals surface area (Å²) in [6.07, 6.45) is 0.953. The monoisotopic (exact) mass is 421 g/mol. The number of thioether (sulfide) groups is 1. The summed E-state index contributed by atoms with van der Waals surface area (Å²) in [5, 5.41) is 14.1. The Morgan fingerprint density at radius 3 is 2.79 bits per heavy atom. The van der Waals surface area contributed by atoms with Crippen LogP contribution in [0.2, 0.25) is 0 Å². The maximum Gasteiger partial charge on any atom is 0.274 e. The summed E-state index contributed by atoms with van der Waals surface area (Å²) in [5.41, 5.74) is 0.379. The molecule has 1 N–H and O–H groups in total. The summed E-state index contributed by atoms with van der Waals surface area (Å²) in [4.78, 5) is 27.9. The number of hydrogen-bond acceptors (Lipinski definition) is 7. The van der Waals surface area contributed by atoms with Crippen molar-refractivity contribution in [2.24, 2.45) is 0 Å². The number of methoxy groups -OCH3 is 1. The van der Waals surface area contributed by atoms with E-state index >= 15 is 0 Å². The fourth-order valence-electron chi connectivity index (χ4n) is 2.43. The molecule has 28 heavy (non-hydrogen) atoms. The third-order valence-electron chi connectivity index (χ3n) is 3.75. The zero-order valence-corrected chi connectivity index (χ0v) is 16.4. The van der Waals surface area contributed by atoms with Gasteiger partial charge in [0.05, 0.1) is 22.8 Å². The van der Waals surface area contributed by atoms with E-state index in [-0.39, 0.29) is 23.2 Å². The maximum atomic E-state index is 12.9. The minimum atomic E-state index is -0.501. The second-order valence-corrected chi connectivity index (χ2v) is 7.92. The Hall–Kier alpha value is -2.72. The van der Waals surface area contributed by atoms with Crippen LogP contribution >= 0.6 is 23.1 Å². The quantitative estimate of drug-likeness (QED) is 0.241. The Bertz CT molecular complexity index is 1010. The van der Waals surface area contributed by atoms with E-state index in [1.165, 1.54) is 31.4 Å². The molecule has 3 aromatic rings. The fraction of sp³-hybridized carbons (Fsp3) is 0.222. The molecule has 3 rings (SSSR count). The Kier molecular flexibility index (Phi) is 6.42. The van der Waals surface area contributed by atoms with E-state index in [4.69, 9.17) is 4.74 Å². The van der Waals surface area contributed by atoms with Gasteiger partial charge in [-0.1, -0.05) is 11.3 Å². The van der Waals surface area contributed by atoms with Gasteiger partial charge in [0.25, 0.3) is 5.69 Å². The largest absolute Gasteiger partial charge is 0.494 e. The SMILES string of the molecule is COc1cc([N+](=O)[O-])cc2sc(NC(=O)CCCSc3ccc(F)cc3)nc12. The van der Waals surface area contributed by atoms with Crippen LogP contribution in [-0.2, 0) is 4.79 Å². The van der Waals surface area contributed by atoms with Crippen molar-refractivity contribution in [1.29, 1.82) is 0 Å². The van der Waals surface area contributed by atoms with E-state index < -0.39 is 4.92 Å². The average Bonchev–Trinajstić information content (AvgIpc) is 3.08. The molecule has 2 aromatic carbocycles. The predicted molar refractivity (Wildman–Crippen MR) is 108 cm³/mol. The second kappa shape index (κ2) is 8.98. The van der Waals surface area contributed by atoms with Crippen LogP contribution in [0.25, 0.3) is 10.2 Å². The van der Waals surface area contributed by atoms with E-state index in [0.717, 1.165) is 22.0 Å². The number of aromatic nitrogens is 1. The first-order valence-corrected chi connectivity index (χ1v) is 10.1. The van der Waals surface area contributed by atoms with Gasteiger partial charge in [0.15, 0.2) is 10.9 Å².